The number of hydrogen-bond donors (Lipinski definition) is 4. The summed E-state index contributed by atoms with van der Waals surface area (Å²) in [6.07, 6.45) is -4.94. The Hall–Kier alpha value is -1.90. The lowest BCUT2D eigenvalue weighted by Gasteiger charge is -2.60. The van der Waals surface area contributed by atoms with Crippen molar-refractivity contribution < 1.29 is 53.9 Å². The van der Waals surface area contributed by atoms with E-state index in [9.17, 15) is 53.9 Å². The lowest BCUT2D eigenvalue weighted by atomic mass is 9.44. The zero-order valence-corrected chi connectivity index (χ0v) is 24.5. The number of aliphatic hydroxyl groups excluding tert-OH is 2. The summed E-state index contributed by atoms with van der Waals surface area (Å²) in [6, 6.07) is 5.03. The first-order chi connectivity index (χ1) is 19.7. The number of anilines is 1. The van der Waals surface area contributed by atoms with E-state index in [-0.39, 0.29) is 36.3 Å². The van der Waals surface area contributed by atoms with E-state index in [0.717, 1.165) is 17.5 Å². The van der Waals surface area contributed by atoms with Gasteiger partial charge in [-0.25, -0.2) is 0 Å². The number of aryl methyl sites for hydroxylation is 1. The molecule has 3 aliphatic carbocycles. The third kappa shape index (κ3) is 5.93. The molecule has 0 amide bonds. The van der Waals surface area contributed by atoms with Gasteiger partial charge in [0, 0.05) is 0 Å². The zero-order valence-electron chi connectivity index (χ0n) is 23.7. The second-order valence-corrected chi connectivity index (χ2v) is 13.9. The predicted octanol–water partition coefficient (Wildman–Crippen LogP) is 7.04. The summed E-state index contributed by atoms with van der Waals surface area (Å²) >= 11 is 0. The summed E-state index contributed by atoms with van der Waals surface area (Å²) < 4.78 is 126. The molecule has 4 rings (SSSR count). The first-order valence-corrected chi connectivity index (χ1v) is 15.9. The van der Waals surface area contributed by atoms with Gasteiger partial charge < -0.3 is 10.2 Å². The standard InChI is InChI=1S/C29H38F7NO5S/c1-3-26-14-13-17-15-19(37-43(40,41)42)9-10-20(17)24(26)18(16-25(2)21(26)11-12-22(25)38)7-5-4-6-8-23(39)27(30,31)28(32,33)29(34,35)36/h3,9-10,15,18,21-24,37-39H,1,4-8,11-14,16H2,2H3,(H,40,41,42)/t18-,21?,22-,23-,24?,25-,26?/m0/s1. The predicted molar refractivity (Wildman–Crippen MR) is 145 cm³/mol. The monoisotopic (exact) mass is 645 g/mol. The number of benzene rings is 1. The lowest BCUT2D eigenvalue weighted by Crippen LogP contribution is -2.57. The maximum Gasteiger partial charge on any atom is 0.459 e. The third-order valence-electron chi connectivity index (χ3n) is 10.4. The smallest absolute Gasteiger partial charge is 0.393 e. The van der Waals surface area contributed by atoms with Crippen molar-refractivity contribution in [2.24, 2.45) is 22.7 Å². The van der Waals surface area contributed by atoms with Crippen molar-refractivity contribution in [3.63, 3.8) is 0 Å². The average molecular weight is 646 g/mol. The summed E-state index contributed by atoms with van der Waals surface area (Å²) in [5.41, 5.74) is 1.24. The number of fused-ring (bicyclic) bond motifs is 5. The minimum absolute atomic E-state index is 0.0487. The highest BCUT2D eigenvalue weighted by molar-refractivity contribution is 7.87. The molecule has 14 heteroatoms. The fraction of sp³-hybridized carbons (Fsp3) is 0.724. The normalized spacial score (nSPS) is 32.0. The summed E-state index contributed by atoms with van der Waals surface area (Å²) in [7, 11) is -4.49. The molecular weight excluding hydrogens is 607 g/mol. The van der Waals surface area contributed by atoms with E-state index in [2.05, 4.69) is 18.2 Å². The Kier molecular flexibility index (Phi) is 9.07. The molecule has 0 aliphatic heterocycles. The molecule has 3 unspecified atom stereocenters. The maximum absolute atomic E-state index is 13.8. The van der Waals surface area contributed by atoms with Crippen molar-refractivity contribution in [1.29, 1.82) is 0 Å². The molecular formula is C29H38F7NO5S. The SMILES string of the molecule is C=CC12CCc3cc(NS(=O)(=O)O)ccc3C1[C@@H](CCCCC[C@H](O)C(F)(F)C(F)(F)C(F)(F)F)C[C@@]1(C)C2CC[C@@H]1O. The highest BCUT2D eigenvalue weighted by Crippen LogP contribution is 2.69. The van der Waals surface area contributed by atoms with Crippen LogP contribution in [-0.2, 0) is 16.7 Å². The first kappa shape index (κ1) is 34.0. The molecule has 0 saturated heterocycles. The number of nitrogens with one attached hydrogen (secondary N) is 1. The van der Waals surface area contributed by atoms with Gasteiger partial charge in [0.25, 0.3) is 0 Å². The van der Waals surface area contributed by atoms with Gasteiger partial charge in [0.2, 0.25) is 0 Å². The van der Waals surface area contributed by atoms with Crippen molar-refractivity contribution in [2.45, 2.75) is 107 Å². The Morgan fingerprint density at radius 2 is 1.79 bits per heavy atom. The van der Waals surface area contributed by atoms with Crippen molar-refractivity contribution in [1.82, 2.24) is 0 Å². The van der Waals surface area contributed by atoms with Crippen molar-refractivity contribution in [2.75, 3.05) is 4.72 Å². The van der Waals surface area contributed by atoms with Gasteiger partial charge in [0.05, 0.1) is 11.8 Å². The Labute approximate surface area is 246 Å². The van der Waals surface area contributed by atoms with Gasteiger partial charge in [0.1, 0.15) is 6.10 Å². The van der Waals surface area contributed by atoms with Crippen LogP contribution in [0.2, 0.25) is 0 Å². The van der Waals surface area contributed by atoms with Crippen LogP contribution >= 0.6 is 0 Å². The number of unbranched alkanes of at least 4 members (excludes halogenated alkanes) is 2. The van der Waals surface area contributed by atoms with E-state index in [1.807, 2.05) is 12.1 Å². The largest absolute Gasteiger partial charge is 0.459 e. The molecule has 7 atom stereocenters. The minimum atomic E-state index is -6.51. The number of allylic oxidation sites excluding steroid dienone is 1. The lowest BCUT2D eigenvalue weighted by molar-refractivity contribution is -0.371. The number of aliphatic hydroxyl groups is 2. The van der Waals surface area contributed by atoms with Crippen LogP contribution in [0.4, 0.5) is 36.4 Å². The van der Waals surface area contributed by atoms with E-state index < -0.39 is 57.8 Å². The Morgan fingerprint density at radius 3 is 2.40 bits per heavy atom. The van der Waals surface area contributed by atoms with Crippen molar-refractivity contribution in [3.05, 3.63) is 42.0 Å². The molecule has 0 spiro atoms. The average Bonchev–Trinajstić information content (AvgIpc) is 3.20. The molecule has 0 radical (unpaired) electrons. The summed E-state index contributed by atoms with van der Waals surface area (Å²) in [6.45, 7) is 6.25. The van der Waals surface area contributed by atoms with Gasteiger partial charge in [-0.1, -0.05) is 38.3 Å². The Morgan fingerprint density at radius 1 is 1.12 bits per heavy atom. The second kappa shape index (κ2) is 11.5. The van der Waals surface area contributed by atoms with Gasteiger partial charge in [-0.2, -0.15) is 39.2 Å². The quantitative estimate of drug-likeness (QED) is 0.0894. The second-order valence-electron chi connectivity index (χ2n) is 12.7. The summed E-state index contributed by atoms with van der Waals surface area (Å²) in [5.74, 6) is -12.1. The van der Waals surface area contributed by atoms with Gasteiger partial charge in [-0.3, -0.25) is 9.27 Å². The van der Waals surface area contributed by atoms with E-state index in [4.69, 9.17) is 0 Å². The van der Waals surface area contributed by atoms with Crippen LogP contribution in [0.3, 0.4) is 0 Å². The molecule has 4 N–H and O–H groups in total. The molecule has 1 aromatic rings. The number of halogens is 7. The number of alkyl halides is 7. The molecule has 43 heavy (non-hydrogen) atoms. The molecule has 1 aromatic carbocycles. The van der Waals surface area contributed by atoms with Crippen molar-refractivity contribution in [3.8, 4) is 0 Å². The highest BCUT2D eigenvalue weighted by atomic mass is 32.2. The Bertz CT molecular complexity index is 1310. The molecule has 2 fully saturated rings. The fourth-order valence-corrected chi connectivity index (χ4v) is 8.84. The molecule has 0 aromatic heterocycles. The van der Waals surface area contributed by atoms with E-state index in [1.165, 1.54) is 0 Å². The van der Waals surface area contributed by atoms with Crippen LogP contribution in [0.25, 0.3) is 0 Å². The van der Waals surface area contributed by atoms with Crippen LogP contribution in [0.5, 0.6) is 0 Å². The van der Waals surface area contributed by atoms with Crippen LogP contribution in [0.15, 0.2) is 30.9 Å². The molecule has 2 saturated carbocycles. The molecule has 0 heterocycles. The molecule has 244 valence electrons. The number of hydrogen-bond acceptors (Lipinski definition) is 4. The van der Waals surface area contributed by atoms with Gasteiger partial charge in [0.15, 0.2) is 0 Å². The van der Waals surface area contributed by atoms with Crippen LogP contribution in [0, 0.1) is 22.7 Å². The first-order valence-electron chi connectivity index (χ1n) is 14.4. The maximum atomic E-state index is 13.8. The van der Waals surface area contributed by atoms with Crippen LogP contribution < -0.4 is 4.72 Å². The van der Waals surface area contributed by atoms with E-state index >= 15 is 0 Å². The summed E-state index contributed by atoms with van der Waals surface area (Å²) in [5, 5.41) is 20.6. The zero-order chi connectivity index (χ0) is 32.2. The minimum Gasteiger partial charge on any atom is -0.393 e. The van der Waals surface area contributed by atoms with Crippen LogP contribution in [0.1, 0.15) is 81.8 Å². The van der Waals surface area contributed by atoms with Crippen molar-refractivity contribution >= 4 is 16.0 Å². The van der Waals surface area contributed by atoms with Gasteiger partial charge in [-0.05, 0) is 96.8 Å². The highest BCUT2D eigenvalue weighted by Gasteiger charge is 2.75. The molecule has 3 aliphatic rings. The summed E-state index contributed by atoms with van der Waals surface area (Å²) in [4.78, 5) is 0. The molecule has 0 bridgehead atoms. The van der Waals surface area contributed by atoms with Gasteiger partial charge in [-0.15, -0.1) is 6.58 Å². The third-order valence-corrected chi connectivity index (χ3v) is 10.9. The Balaban J connectivity index is 1.53. The molecule has 6 nitrogen and oxygen atoms in total. The van der Waals surface area contributed by atoms with Crippen LogP contribution in [-0.4, -0.2) is 53.4 Å². The van der Waals surface area contributed by atoms with E-state index in [1.54, 1.807) is 12.1 Å². The number of rotatable bonds is 11. The fourth-order valence-electron chi connectivity index (χ4n) is 8.42. The van der Waals surface area contributed by atoms with E-state index in [0.29, 0.717) is 38.5 Å². The topological polar surface area (TPSA) is 107 Å². The van der Waals surface area contributed by atoms with Gasteiger partial charge >= 0.3 is 28.3 Å².